The van der Waals surface area contributed by atoms with Crippen LogP contribution >= 0.6 is 31.2 Å². The monoisotopic (exact) mass is 708 g/mol. The van der Waals surface area contributed by atoms with Crippen LogP contribution in [0.4, 0.5) is 101 Å². The van der Waals surface area contributed by atoms with E-state index in [0.29, 0.717) is 0 Å². The first kappa shape index (κ1) is 46.8. The molecule has 1 atom stereocenters. The molecule has 1 heterocycles. The summed E-state index contributed by atoms with van der Waals surface area (Å²) in [5.41, 5.74) is 0. The molecule has 0 aromatic rings. The summed E-state index contributed by atoms with van der Waals surface area (Å²) in [6.07, 6.45) is 0.226. The minimum absolute atomic E-state index is 0. The fourth-order valence-electron chi connectivity index (χ4n) is 0.751. The standard InChI is InChI=1S/C5H12N2O.C.4F6P/c1-6-5-4-7-2-3-8-5;;4*1-7(2,3,4,5)6/h5-7H,2-4H2,1H3;;;;;/q;+4;4*-1. The van der Waals surface area contributed by atoms with Crippen molar-refractivity contribution in [3.63, 3.8) is 0 Å². The molecule has 0 amide bonds. The van der Waals surface area contributed by atoms with E-state index >= 15 is 0 Å². The van der Waals surface area contributed by atoms with Crippen molar-refractivity contribution in [1.82, 2.24) is 10.6 Å². The third kappa shape index (κ3) is 420. The van der Waals surface area contributed by atoms with Crippen molar-refractivity contribution in [3.05, 3.63) is 7.43 Å². The van der Waals surface area contributed by atoms with Gasteiger partial charge in [-0.1, -0.05) is 0 Å². The van der Waals surface area contributed by atoms with Gasteiger partial charge in [0.25, 0.3) is 0 Å². The minimum Gasteiger partial charge on any atom is 4.00 e. The topological polar surface area (TPSA) is 33.3 Å². The summed E-state index contributed by atoms with van der Waals surface area (Å²) in [6, 6.07) is 0. The van der Waals surface area contributed by atoms with Gasteiger partial charge < -0.3 is 10.1 Å². The molecule has 0 aromatic carbocycles. The van der Waals surface area contributed by atoms with Gasteiger partial charge >= 0.3 is 139 Å². The van der Waals surface area contributed by atoms with Crippen LogP contribution in [0, 0.1) is 7.43 Å². The number of morpholine rings is 1. The molecular weight excluding hydrogens is 696 g/mol. The van der Waals surface area contributed by atoms with Crippen molar-refractivity contribution in [2.24, 2.45) is 0 Å². The number of likely N-dealkylation sites (N-methyl/N-ethyl adjacent to an activating group) is 1. The molecule has 0 bridgehead atoms. The maximum atomic E-state index is 9.87. The second-order valence-corrected chi connectivity index (χ2v) is 13.4. The van der Waals surface area contributed by atoms with Gasteiger partial charge in [-0.2, -0.15) is 0 Å². The van der Waals surface area contributed by atoms with Gasteiger partial charge in [0.1, 0.15) is 6.23 Å². The third-order valence-corrected chi connectivity index (χ3v) is 1.25. The van der Waals surface area contributed by atoms with Crippen LogP contribution in [0.2, 0.25) is 0 Å². The summed E-state index contributed by atoms with van der Waals surface area (Å²) in [4.78, 5) is 0. The van der Waals surface area contributed by atoms with E-state index in [1.165, 1.54) is 0 Å². The van der Waals surface area contributed by atoms with Crippen molar-refractivity contribution >= 4 is 31.2 Å². The fourth-order valence-corrected chi connectivity index (χ4v) is 0.751. The SMILES string of the molecule is CNC1CNCCO1.F[P-](F)(F)(F)(F)F.F[P-](F)(F)(F)(F)F.F[P-](F)(F)(F)(F)F.F[P-](F)(F)(F)(F)F.[C+4]. The van der Waals surface area contributed by atoms with E-state index in [1.54, 1.807) is 0 Å². The Balaban J connectivity index is -0.000000115. The van der Waals surface area contributed by atoms with Gasteiger partial charge in [-0.05, 0) is 7.05 Å². The van der Waals surface area contributed by atoms with Crippen LogP contribution < -0.4 is 10.6 Å². The molecule has 0 saturated carbocycles. The number of halogens is 24. The maximum absolute atomic E-state index is 10.7. The summed E-state index contributed by atoms with van der Waals surface area (Å²) in [5, 5.41) is 6.22. The molecule has 0 radical (unpaired) electrons. The average molecular weight is 708 g/mol. The predicted octanol–water partition coefficient (Wildman–Crippen LogP) is 12.8. The second-order valence-electron chi connectivity index (χ2n) is 5.69. The molecule has 1 aliphatic heterocycles. The fraction of sp³-hybridized carbons (Fsp3) is 0.833. The Labute approximate surface area is 189 Å². The zero-order valence-corrected chi connectivity index (χ0v) is 20.0. The Bertz CT molecular complexity index is 540. The Kier molecular flexibility index (Phi) is 11.7. The number of nitrogens with one attached hydrogen (secondary N) is 2. The summed E-state index contributed by atoms with van der Waals surface area (Å²) in [5.74, 6) is 0. The number of hydrogen-bond donors (Lipinski definition) is 2. The van der Waals surface area contributed by atoms with Crippen LogP contribution in [0.5, 0.6) is 0 Å². The predicted molar refractivity (Wildman–Crippen MR) is 89.2 cm³/mol. The molecule has 1 rings (SSSR count). The molecule has 1 saturated heterocycles. The van der Waals surface area contributed by atoms with Crippen molar-refractivity contribution in [3.8, 4) is 0 Å². The van der Waals surface area contributed by atoms with Crippen molar-refractivity contribution in [2.45, 2.75) is 6.23 Å². The van der Waals surface area contributed by atoms with Gasteiger partial charge in [0.05, 0.1) is 6.61 Å². The Morgan fingerprint density at radius 1 is 0.514 bits per heavy atom. The normalized spacial score (nSPS) is 24.1. The van der Waals surface area contributed by atoms with Crippen LogP contribution in [0.3, 0.4) is 0 Å². The number of rotatable bonds is 1. The van der Waals surface area contributed by atoms with Crippen LogP contribution in [-0.4, -0.2) is 33.0 Å². The van der Waals surface area contributed by atoms with E-state index < -0.39 is 31.2 Å². The van der Waals surface area contributed by atoms with Crippen molar-refractivity contribution in [2.75, 3.05) is 26.7 Å². The first-order chi connectivity index (χ1) is 13.7. The van der Waals surface area contributed by atoms with Crippen molar-refractivity contribution < 1.29 is 105 Å². The Morgan fingerprint density at radius 3 is 0.784 bits per heavy atom. The first-order valence-electron chi connectivity index (χ1n) is 6.99. The second kappa shape index (κ2) is 9.22. The smallest absolute Gasteiger partial charge is 4.00 e. The minimum atomic E-state index is -10.7. The summed E-state index contributed by atoms with van der Waals surface area (Å²) < 4.78 is 242. The zero-order chi connectivity index (χ0) is 31.5. The molecule has 37 heavy (non-hydrogen) atoms. The largest absolute Gasteiger partial charge is 4.00 e. The molecule has 2 N–H and O–H groups in total. The molecular formula is C6H12F24N2OP4. The molecule has 31 heteroatoms. The molecule has 0 aliphatic carbocycles. The molecule has 0 spiro atoms. The molecule has 1 fully saturated rings. The summed E-state index contributed by atoms with van der Waals surface area (Å²) >= 11 is 0. The van der Waals surface area contributed by atoms with E-state index in [-0.39, 0.29) is 13.7 Å². The Hall–Kier alpha value is -0.0800. The van der Waals surface area contributed by atoms with Gasteiger partial charge in [-0.3, -0.25) is 5.32 Å². The van der Waals surface area contributed by atoms with E-state index in [4.69, 9.17) is 4.74 Å². The van der Waals surface area contributed by atoms with E-state index in [2.05, 4.69) is 10.6 Å². The van der Waals surface area contributed by atoms with Crippen LogP contribution in [0.1, 0.15) is 0 Å². The van der Waals surface area contributed by atoms with Crippen LogP contribution in [-0.2, 0) is 4.74 Å². The molecule has 240 valence electrons. The molecule has 1 unspecified atom stereocenters. The summed E-state index contributed by atoms with van der Waals surface area (Å²) in [7, 11) is -40.7. The zero-order valence-electron chi connectivity index (χ0n) is 16.5. The van der Waals surface area contributed by atoms with Gasteiger partial charge in [0, 0.05) is 13.1 Å². The van der Waals surface area contributed by atoms with Crippen molar-refractivity contribution in [1.29, 1.82) is 0 Å². The van der Waals surface area contributed by atoms with Gasteiger partial charge in [0.15, 0.2) is 0 Å². The van der Waals surface area contributed by atoms with Crippen LogP contribution in [0.15, 0.2) is 0 Å². The number of ether oxygens (including phenoxy) is 1. The quantitative estimate of drug-likeness (QED) is 0.210. The number of hydrogen-bond acceptors (Lipinski definition) is 3. The third-order valence-electron chi connectivity index (χ3n) is 1.25. The van der Waals surface area contributed by atoms with Gasteiger partial charge in [-0.25, -0.2) is 0 Å². The molecule has 0 aromatic heterocycles. The van der Waals surface area contributed by atoms with E-state index in [0.717, 1.165) is 19.7 Å². The molecule has 3 nitrogen and oxygen atoms in total. The first-order valence-corrected chi connectivity index (χ1v) is 15.1. The van der Waals surface area contributed by atoms with E-state index in [1.807, 2.05) is 7.05 Å². The maximum Gasteiger partial charge on any atom is 4.00 e. The van der Waals surface area contributed by atoms with Gasteiger partial charge in [0.2, 0.25) is 0 Å². The average Bonchev–Trinajstić information content (AvgIpc) is 2.23. The molecule has 1 aliphatic rings. The van der Waals surface area contributed by atoms with Gasteiger partial charge in [-0.15, -0.1) is 0 Å². The van der Waals surface area contributed by atoms with Crippen LogP contribution in [0.25, 0.3) is 0 Å². The Morgan fingerprint density at radius 2 is 0.703 bits per heavy atom. The summed E-state index contributed by atoms with van der Waals surface area (Å²) in [6.45, 7) is 2.74. The van der Waals surface area contributed by atoms with E-state index in [9.17, 15) is 101 Å².